The Morgan fingerprint density at radius 2 is 2.04 bits per heavy atom. The van der Waals surface area contributed by atoms with E-state index in [2.05, 4.69) is 15.3 Å². The summed E-state index contributed by atoms with van der Waals surface area (Å²) in [6.07, 6.45) is 1.59. The first-order valence-corrected chi connectivity index (χ1v) is 7.86. The number of anilines is 1. The number of hydrogen-bond acceptors (Lipinski definition) is 4. The molecule has 0 spiro atoms. The van der Waals surface area contributed by atoms with E-state index in [0.29, 0.717) is 24.1 Å². The van der Waals surface area contributed by atoms with Gasteiger partial charge in [-0.25, -0.2) is 9.98 Å². The fourth-order valence-corrected chi connectivity index (χ4v) is 2.26. The predicted molar refractivity (Wildman–Crippen MR) is 98.6 cm³/mol. The molecule has 1 aromatic heterocycles. The Hall–Kier alpha value is -3.28. The predicted octanol–water partition coefficient (Wildman–Crippen LogP) is 3.59. The van der Waals surface area contributed by atoms with Crippen molar-refractivity contribution in [3.8, 4) is 17.2 Å². The fourth-order valence-electron chi connectivity index (χ4n) is 2.26. The van der Waals surface area contributed by atoms with Crippen LogP contribution in [0.2, 0.25) is 0 Å². The lowest BCUT2D eigenvalue weighted by Gasteiger charge is -2.06. The lowest BCUT2D eigenvalue weighted by molar-refractivity contribution is 0.415. The second-order valence-electron chi connectivity index (χ2n) is 5.57. The number of guanidine groups is 1. The Bertz CT molecular complexity index is 869. The van der Waals surface area contributed by atoms with Crippen molar-refractivity contribution >= 4 is 11.6 Å². The SMILES string of the molecule is COc1cccc(NC(N)=NCc2coc(-c3ccc(C)cc3)n2)c1. The average molecular weight is 336 g/mol. The number of benzene rings is 2. The van der Waals surface area contributed by atoms with Gasteiger partial charge in [0.2, 0.25) is 5.89 Å². The van der Waals surface area contributed by atoms with Gasteiger partial charge in [-0.2, -0.15) is 0 Å². The van der Waals surface area contributed by atoms with Crippen LogP contribution in [0.15, 0.2) is 64.2 Å². The molecule has 25 heavy (non-hydrogen) atoms. The van der Waals surface area contributed by atoms with E-state index in [4.69, 9.17) is 14.9 Å². The average Bonchev–Trinajstić information content (AvgIpc) is 3.10. The molecular formula is C19H20N4O2. The van der Waals surface area contributed by atoms with Crippen LogP contribution in [0.3, 0.4) is 0 Å². The summed E-state index contributed by atoms with van der Waals surface area (Å²) in [5.41, 5.74) is 9.56. The second-order valence-corrected chi connectivity index (χ2v) is 5.57. The van der Waals surface area contributed by atoms with E-state index < -0.39 is 0 Å². The summed E-state index contributed by atoms with van der Waals surface area (Å²) >= 11 is 0. The van der Waals surface area contributed by atoms with E-state index in [-0.39, 0.29) is 0 Å². The molecule has 0 bridgehead atoms. The van der Waals surface area contributed by atoms with Gasteiger partial charge in [0.05, 0.1) is 13.7 Å². The van der Waals surface area contributed by atoms with Crippen molar-refractivity contribution in [3.05, 3.63) is 66.1 Å². The van der Waals surface area contributed by atoms with E-state index >= 15 is 0 Å². The molecule has 0 aliphatic carbocycles. The molecule has 0 radical (unpaired) electrons. The zero-order chi connectivity index (χ0) is 17.6. The van der Waals surface area contributed by atoms with Gasteiger partial charge in [0, 0.05) is 17.3 Å². The molecule has 0 saturated heterocycles. The number of ether oxygens (including phenoxy) is 1. The Morgan fingerprint density at radius 1 is 1.24 bits per heavy atom. The second kappa shape index (κ2) is 7.53. The number of nitrogens with one attached hydrogen (secondary N) is 1. The van der Waals surface area contributed by atoms with Crippen molar-refractivity contribution < 1.29 is 9.15 Å². The molecule has 0 fully saturated rings. The lowest BCUT2D eigenvalue weighted by Crippen LogP contribution is -2.22. The fraction of sp³-hybridized carbons (Fsp3) is 0.158. The van der Waals surface area contributed by atoms with Crippen LogP contribution < -0.4 is 15.8 Å². The standard InChI is InChI=1S/C19H20N4O2/c1-13-6-8-14(9-7-13)18-22-16(12-25-18)11-21-19(20)23-15-4-3-5-17(10-15)24-2/h3-10,12H,11H2,1-2H3,(H3,20,21,23). The minimum atomic E-state index is 0.299. The van der Waals surface area contributed by atoms with E-state index in [1.165, 1.54) is 5.56 Å². The number of nitrogens with zero attached hydrogens (tertiary/aromatic N) is 2. The van der Waals surface area contributed by atoms with Gasteiger partial charge in [-0.05, 0) is 31.2 Å². The van der Waals surface area contributed by atoms with Crippen molar-refractivity contribution in [2.75, 3.05) is 12.4 Å². The zero-order valence-electron chi connectivity index (χ0n) is 14.2. The van der Waals surface area contributed by atoms with Crippen molar-refractivity contribution in [1.29, 1.82) is 0 Å². The van der Waals surface area contributed by atoms with Crippen LogP contribution in [0.25, 0.3) is 11.5 Å². The van der Waals surface area contributed by atoms with Crippen LogP contribution in [0.5, 0.6) is 5.75 Å². The van der Waals surface area contributed by atoms with Gasteiger partial charge < -0.3 is 20.2 Å². The van der Waals surface area contributed by atoms with E-state index in [1.54, 1.807) is 13.4 Å². The summed E-state index contributed by atoms with van der Waals surface area (Å²) in [6.45, 7) is 2.37. The third-order valence-electron chi connectivity index (χ3n) is 3.60. The van der Waals surface area contributed by atoms with Gasteiger partial charge in [0.15, 0.2) is 5.96 Å². The van der Waals surface area contributed by atoms with Gasteiger partial charge >= 0.3 is 0 Å². The number of nitrogens with two attached hydrogens (primary N) is 1. The van der Waals surface area contributed by atoms with Crippen LogP contribution in [0, 0.1) is 6.92 Å². The van der Waals surface area contributed by atoms with Crippen LogP contribution in [0.1, 0.15) is 11.3 Å². The van der Waals surface area contributed by atoms with Gasteiger partial charge in [-0.1, -0.05) is 23.8 Å². The Kier molecular flexibility index (Phi) is 4.99. The highest BCUT2D eigenvalue weighted by Gasteiger charge is 2.06. The summed E-state index contributed by atoms with van der Waals surface area (Å²) < 4.78 is 10.7. The van der Waals surface area contributed by atoms with Gasteiger partial charge in [-0.3, -0.25) is 0 Å². The van der Waals surface area contributed by atoms with Crippen LogP contribution in [-0.4, -0.2) is 18.1 Å². The molecule has 2 aromatic carbocycles. The number of rotatable bonds is 5. The normalized spacial score (nSPS) is 11.4. The first-order valence-electron chi connectivity index (χ1n) is 7.86. The third kappa shape index (κ3) is 4.38. The van der Waals surface area contributed by atoms with Crippen molar-refractivity contribution in [2.45, 2.75) is 13.5 Å². The van der Waals surface area contributed by atoms with Crippen molar-refractivity contribution in [3.63, 3.8) is 0 Å². The maximum atomic E-state index is 5.92. The Labute approximate surface area is 146 Å². The molecule has 1 heterocycles. The lowest BCUT2D eigenvalue weighted by atomic mass is 10.1. The molecular weight excluding hydrogens is 316 g/mol. The molecule has 3 rings (SSSR count). The quantitative estimate of drug-likeness (QED) is 0.549. The number of aromatic nitrogens is 1. The first-order chi connectivity index (χ1) is 12.1. The molecule has 0 aliphatic rings. The number of aliphatic imine (C=N–C) groups is 1. The number of oxazole rings is 1. The summed E-state index contributed by atoms with van der Waals surface area (Å²) in [6, 6.07) is 15.5. The minimum absolute atomic E-state index is 0.299. The molecule has 0 amide bonds. The topological polar surface area (TPSA) is 85.7 Å². The van der Waals surface area contributed by atoms with Crippen molar-refractivity contribution in [1.82, 2.24) is 4.98 Å². The molecule has 6 nitrogen and oxygen atoms in total. The van der Waals surface area contributed by atoms with E-state index in [0.717, 1.165) is 17.0 Å². The van der Waals surface area contributed by atoms with E-state index in [9.17, 15) is 0 Å². The van der Waals surface area contributed by atoms with Crippen LogP contribution in [-0.2, 0) is 6.54 Å². The number of methoxy groups -OCH3 is 1. The van der Waals surface area contributed by atoms with E-state index in [1.807, 2.05) is 55.5 Å². The van der Waals surface area contributed by atoms with Gasteiger partial charge in [-0.15, -0.1) is 0 Å². The number of aryl methyl sites for hydroxylation is 1. The van der Waals surface area contributed by atoms with Crippen molar-refractivity contribution in [2.24, 2.45) is 10.7 Å². The molecule has 0 atom stereocenters. The third-order valence-corrected chi connectivity index (χ3v) is 3.60. The summed E-state index contributed by atoms with van der Waals surface area (Å²) in [5, 5.41) is 3.02. The first kappa shape index (κ1) is 16.6. The highest BCUT2D eigenvalue weighted by molar-refractivity contribution is 5.92. The Morgan fingerprint density at radius 3 is 2.80 bits per heavy atom. The maximum absolute atomic E-state index is 5.92. The largest absolute Gasteiger partial charge is 0.497 e. The number of hydrogen-bond donors (Lipinski definition) is 2. The molecule has 128 valence electrons. The summed E-state index contributed by atoms with van der Waals surface area (Å²) in [7, 11) is 1.62. The van der Waals surface area contributed by atoms with Crippen LogP contribution in [0.4, 0.5) is 5.69 Å². The smallest absolute Gasteiger partial charge is 0.226 e. The highest BCUT2D eigenvalue weighted by Crippen LogP contribution is 2.19. The minimum Gasteiger partial charge on any atom is -0.497 e. The summed E-state index contributed by atoms with van der Waals surface area (Å²) in [5.74, 6) is 1.62. The van der Waals surface area contributed by atoms with Crippen LogP contribution >= 0.6 is 0 Å². The zero-order valence-corrected chi connectivity index (χ0v) is 14.2. The Balaban J connectivity index is 1.64. The monoisotopic (exact) mass is 336 g/mol. The molecule has 0 aliphatic heterocycles. The van der Waals surface area contributed by atoms with Gasteiger partial charge in [0.1, 0.15) is 17.7 Å². The highest BCUT2D eigenvalue weighted by atomic mass is 16.5. The van der Waals surface area contributed by atoms with Gasteiger partial charge in [0.25, 0.3) is 0 Å². The maximum Gasteiger partial charge on any atom is 0.226 e. The molecule has 0 saturated carbocycles. The molecule has 6 heteroatoms. The summed E-state index contributed by atoms with van der Waals surface area (Å²) in [4.78, 5) is 8.73. The molecule has 3 N–H and O–H groups in total. The molecule has 0 unspecified atom stereocenters. The molecule has 3 aromatic rings.